The smallest absolute Gasteiger partial charge is 0.279 e. The first kappa shape index (κ1) is 11.7. The lowest BCUT2D eigenvalue weighted by Crippen LogP contribution is -2.13. The largest absolute Gasteiger partial charge is 0.497 e. The minimum Gasteiger partial charge on any atom is -0.497 e. The van der Waals surface area contributed by atoms with Crippen LogP contribution in [0.2, 0.25) is 0 Å². The van der Waals surface area contributed by atoms with E-state index in [-0.39, 0.29) is 5.56 Å². The Bertz CT molecular complexity index is 451. The van der Waals surface area contributed by atoms with E-state index in [1.807, 2.05) is 0 Å². The summed E-state index contributed by atoms with van der Waals surface area (Å²) in [5.41, 5.74) is 0.117. The highest BCUT2D eigenvalue weighted by Crippen LogP contribution is 2.22. The molecule has 0 saturated heterocycles. The zero-order valence-corrected chi connectivity index (χ0v) is 8.69. The van der Waals surface area contributed by atoms with Crippen LogP contribution in [0.25, 0.3) is 0 Å². The summed E-state index contributed by atoms with van der Waals surface area (Å²) in [7, 11) is -3.06. The lowest BCUT2D eigenvalue weighted by atomic mass is 10.1. The lowest BCUT2D eigenvalue weighted by molar-refractivity contribution is 0.414. The molecule has 1 N–H and O–H groups in total. The fourth-order valence-corrected chi connectivity index (χ4v) is 1.72. The highest BCUT2D eigenvalue weighted by atomic mass is 32.2. The fourth-order valence-electron chi connectivity index (χ4n) is 1.11. The van der Waals surface area contributed by atoms with Gasteiger partial charge in [-0.2, -0.15) is 8.42 Å². The fraction of sp³-hybridized carbons (Fsp3) is 0.222. The summed E-state index contributed by atoms with van der Waals surface area (Å²) in [5, 5.41) is -1.69. The second-order valence-electron chi connectivity index (χ2n) is 2.79. The molecule has 0 aliphatic carbocycles. The Morgan fingerprint density at radius 1 is 1.47 bits per heavy atom. The van der Waals surface area contributed by atoms with Crippen molar-refractivity contribution in [1.29, 1.82) is 0 Å². The van der Waals surface area contributed by atoms with Crippen LogP contribution in [-0.2, 0) is 14.9 Å². The zero-order chi connectivity index (χ0) is 11.5. The minimum absolute atomic E-state index is 0.117. The first-order chi connectivity index (χ1) is 6.99. The van der Waals surface area contributed by atoms with Crippen LogP contribution in [0.15, 0.2) is 24.3 Å². The van der Waals surface area contributed by atoms with E-state index in [4.69, 9.17) is 9.29 Å². The van der Waals surface area contributed by atoms with E-state index in [1.165, 1.54) is 31.6 Å². The molecule has 81 valence electrons. The molecule has 1 radical (unpaired) electrons. The highest BCUT2D eigenvalue weighted by molar-refractivity contribution is 7.86. The molecule has 0 aromatic heterocycles. The van der Waals surface area contributed by atoms with Crippen molar-refractivity contribution in [2.45, 2.75) is 5.25 Å². The van der Waals surface area contributed by atoms with Gasteiger partial charge in [0.2, 0.25) is 6.29 Å². The Kier molecular flexibility index (Phi) is 3.43. The molecule has 1 aromatic rings. The third-order valence-electron chi connectivity index (χ3n) is 1.80. The monoisotopic (exact) mass is 229 g/mol. The van der Waals surface area contributed by atoms with E-state index in [0.29, 0.717) is 5.75 Å². The summed E-state index contributed by atoms with van der Waals surface area (Å²) in [6.45, 7) is 0. The van der Waals surface area contributed by atoms with Crippen molar-refractivity contribution in [3.05, 3.63) is 29.8 Å². The number of hydrogen-bond acceptors (Lipinski definition) is 4. The summed E-state index contributed by atoms with van der Waals surface area (Å²) in [6, 6.07) is 5.86. The molecule has 1 atom stereocenters. The van der Waals surface area contributed by atoms with Gasteiger partial charge < -0.3 is 4.74 Å². The van der Waals surface area contributed by atoms with E-state index in [0.717, 1.165) is 0 Å². The third-order valence-corrected chi connectivity index (χ3v) is 2.77. The molecule has 0 aliphatic heterocycles. The second-order valence-corrected chi connectivity index (χ2v) is 4.29. The number of hydrogen-bond donors (Lipinski definition) is 1. The number of carbonyl (C=O) groups excluding carboxylic acids is 1. The summed E-state index contributed by atoms with van der Waals surface area (Å²) < 4.78 is 35.2. The van der Waals surface area contributed by atoms with Gasteiger partial charge in [0, 0.05) is 0 Å². The number of ether oxygens (including phenoxy) is 1. The molecule has 0 spiro atoms. The molecule has 1 unspecified atom stereocenters. The maximum absolute atomic E-state index is 10.8. The van der Waals surface area contributed by atoms with Gasteiger partial charge in [-0.1, -0.05) is 12.1 Å². The average molecular weight is 229 g/mol. The van der Waals surface area contributed by atoms with Crippen molar-refractivity contribution < 1.29 is 22.5 Å². The molecule has 0 fully saturated rings. The van der Waals surface area contributed by atoms with Crippen molar-refractivity contribution in [3.63, 3.8) is 0 Å². The standard InChI is InChI=1S/C9H9O5S/c1-14-8-4-2-3-7(5-8)9(6-10)15(11,12)13/h2-5,9H,1H3,(H,11,12,13). The summed E-state index contributed by atoms with van der Waals surface area (Å²) in [5.74, 6) is 0.399. The average Bonchev–Trinajstić information content (AvgIpc) is 2.17. The summed E-state index contributed by atoms with van der Waals surface area (Å²) in [4.78, 5) is 10.4. The van der Waals surface area contributed by atoms with Crippen LogP contribution in [-0.4, -0.2) is 26.4 Å². The van der Waals surface area contributed by atoms with Crippen molar-refractivity contribution in [2.75, 3.05) is 7.11 Å². The number of methoxy groups -OCH3 is 1. The van der Waals surface area contributed by atoms with E-state index in [2.05, 4.69) is 0 Å². The highest BCUT2D eigenvalue weighted by Gasteiger charge is 2.25. The van der Waals surface area contributed by atoms with Gasteiger partial charge in [-0.05, 0) is 17.7 Å². The molecule has 0 amide bonds. The van der Waals surface area contributed by atoms with Crippen LogP contribution < -0.4 is 4.74 Å². The van der Waals surface area contributed by atoms with Crippen LogP contribution in [0.1, 0.15) is 10.8 Å². The second kappa shape index (κ2) is 4.41. The van der Waals surface area contributed by atoms with Gasteiger partial charge in [0.25, 0.3) is 10.1 Å². The Morgan fingerprint density at radius 2 is 2.13 bits per heavy atom. The van der Waals surface area contributed by atoms with Crippen LogP contribution in [0.3, 0.4) is 0 Å². The predicted molar refractivity (Wildman–Crippen MR) is 53.0 cm³/mol. The summed E-state index contributed by atoms with van der Waals surface area (Å²) in [6.07, 6.45) is 1.27. The molecule has 0 heterocycles. The van der Waals surface area contributed by atoms with Crippen molar-refractivity contribution in [2.24, 2.45) is 0 Å². The number of rotatable bonds is 4. The Balaban J connectivity index is 3.19. The van der Waals surface area contributed by atoms with Gasteiger partial charge in [-0.15, -0.1) is 0 Å². The predicted octanol–water partition coefficient (Wildman–Crippen LogP) is 0.734. The molecule has 0 bridgehead atoms. The van der Waals surface area contributed by atoms with Gasteiger partial charge in [-0.3, -0.25) is 9.35 Å². The lowest BCUT2D eigenvalue weighted by Gasteiger charge is -2.07. The van der Waals surface area contributed by atoms with Crippen LogP contribution >= 0.6 is 0 Å². The maximum atomic E-state index is 10.8. The molecule has 5 nitrogen and oxygen atoms in total. The molecule has 0 aliphatic rings. The first-order valence-electron chi connectivity index (χ1n) is 3.97. The van der Waals surface area contributed by atoms with Gasteiger partial charge in [0.1, 0.15) is 5.75 Å². The number of benzene rings is 1. The third kappa shape index (κ3) is 2.77. The molecule has 1 aromatic carbocycles. The van der Waals surface area contributed by atoms with E-state index >= 15 is 0 Å². The van der Waals surface area contributed by atoms with E-state index < -0.39 is 15.4 Å². The first-order valence-corrected chi connectivity index (χ1v) is 5.47. The van der Waals surface area contributed by atoms with Gasteiger partial charge in [0.05, 0.1) is 7.11 Å². The Morgan fingerprint density at radius 3 is 2.60 bits per heavy atom. The maximum Gasteiger partial charge on any atom is 0.279 e. The SMILES string of the molecule is COc1cccc(C([C]=O)S(=O)(=O)O)c1. The molecular weight excluding hydrogens is 220 g/mol. The van der Waals surface area contributed by atoms with Crippen molar-refractivity contribution in [1.82, 2.24) is 0 Å². The van der Waals surface area contributed by atoms with Crippen LogP contribution in [0.4, 0.5) is 0 Å². The quantitative estimate of drug-likeness (QED) is 0.770. The summed E-state index contributed by atoms with van der Waals surface area (Å²) >= 11 is 0. The van der Waals surface area contributed by atoms with Crippen LogP contribution in [0, 0.1) is 0 Å². The van der Waals surface area contributed by atoms with E-state index in [9.17, 15) is 13.2 Å². The van der Waals surface area contributed by atoms with Crippen molar-refractivity contribution >= 4 is 16.4 Å². The molecular formula is C9H9O5S. The normalized spacial score (nSPS) is 13.2. The topological polar surface area (TPSA) is 80.7 Å². The molecule has 0 saturated carbocycles. The zero-order valence-electron chi connectivity index (χ0n) is 7.88. The molecule has 15 heavy (non-hydrogen) atoms. The van der Waals surface area contributed by atoms with Crippen molar-refractivity contribution in [3.8, 4) is 5.75 Å². The Labute approximate surface area is 87.4 Å². The Hall–Kier alpha value is -1.40. The van der Waals surface area contributed by atoms with Gasteiger partial charge in [-0.25, -0.2) is 0 Å². The van der Waals surface area contributed by atoms with Gasteiger partial charge in [0.15, 0.2) is 5.25 Å². The molecule has 6 heteroatoms. The van der Waals surface area contributed by atoms with Gasteiger partial charge >= 0.3 is 0 Å². The van der Waals surface area contributed by atoms with Crippen LogP contribution in [0.5, 0.6) is 5.75 Å². The minimum atomic E-state index is -4.47. The van der Waals surface area contributed by atoms with E-state index in [1.54, 1.807) is 6.07 Å². The molecule has 1 rings (SSSR count).